The maximum Gasteiger partial charge on any atom is 0.421 e. The predicted octanol–water partition coefficient (Wildman–Crippen LogP) is 4.04. The lowest BCUT2D eigenvalue weighted by atomic mass is 10.0. The Labute approximate surface area is 340 Å². The Balaban J connectivity index is 0.889. The van der Waals surface area contributed by atoms with Gasteiger partial charge in [-0.15, -0.1) is 0 Å². The van der Waals surface area contributed by atoms with Crippen molar-refractivity contribution in [1.82, 2.24) is 35.1 Å². The lowest BCUT2D eigenvalue weighted by Gasteiger charge is -2.43. The van der Waals surface area contributed by atoms with Crippen LogP contribution in [-0.4, -0.2) is 115 Å². The van der Waals surface area contributed by atoms with Gasteiger partial charge >= 0.3 is 6.18 Å². The molecule has 4 N–H and O–H groups in total. The molecular formula is C39H47F3N12O4S. The summed E-state index contributed by atoms with van der Waals surface area (Å²) in [5, 5.41) is 11.3. The normalized spacial score (nSPS) is 18.7. The van der Waals surface area contributed by atoms with Crippen LogP contribution in [0.5, 0.6) is 0 Å². The minimum Gasteiger partial charge on any atom is -0.374 e. The third-order valence-electron chi connectivity index (χ3n) is 10.9. The van der Waals surface area contributed by atoms with E-state index >= 15 is 0 Å². The number of piperazine rings is 1. The van der Waals surface area contributed by atoms with Gasteiger partial charge in [-0.25, -0.2) is 18.4 Å². The van der Waals surface area contributed by atoms with Crippen molar-refractivity contribution in [3.8, 4) is 0 Å². The van der Waals surface area contributed by atoms with E-state index in [9.17, 15) is 31.2 Å². The molecule has 2 aromatic carbocycles. The van der Waals surface area contributed by atoms with E-state index in [4.69, 9.17) is 0 Å². The molecule has 3 aliphatic heterocycles. The summed E-state index contributed by atoms with van der Waals surface area (Å²) < 4.78 is 66.9. The molecule has 3 fully saturated rings. The number of nitrogens with zero attached hydrogens (tertiary/aromatic N) is 8. The second kappa shape index (κ2) is 17.7. The number of amides is 2. The van der Waals surface area contributed by atoms with Gasteiger partial charge in [0.2, 0.25) is 27.8 Å². The molecule has 4 aromatic rings. The lowest BCUT2D eigenvalue weighted by molar-refractivity contribution is -0.137. The smallest absolute Gasteiger partial charge is 0.374 e. The molecule has 16 nitrogen and oxygen atoms in total. The highest BCUT2D eigenvalue weighted by molar-refractivity contribution is 7.92. The minimum absolute atomic E-state index is 0.0227. The van der Waals surface area contributed by atoms with Crippen LogP contribution in [0, 0.1) is 0 Å². The number of sulfonamides is 1. The molecule has 1 unspecified atom stereocenters. The molecule has 314 valence electrons. The number of aromatic nitrogens is 4. The van der Waals surface area contributed by atoms with E-state index in [1.807, 2.05) is 36.4 Å². The zero-order chi connectivity index (χ0) is 41.7. The first kappa shape index (κ1) is 41.6. The molecule has 2 aromatic heterocycles. The molecule has 2 amide bonds. The molecule has 59 heavy (non-hydrogen) atoms. The van der Waals surface area contributed by atoms with Gasteiger partial charge in [-0.3, -0.25) is 34.0 Å². The Bertz CT molecular complexity index is 2230. The third kappa shape index (κ3) is 10.5. The van der Waals surface area contributed by atoms with Crippen LogP contribution in [0.3, 0.4) is 0 Å². The summed E-state index contributed by atoms with van der Waals surface area (Å²) in [5.74, 6) is -1.09. The second-order valence-electron chi connectivity index (χ2n) is 14.9. The van der Waals surface area contributed by atoms with Crippen molar-refractivity contribution in [2.45, 2.75) is 57.0 Å². The number of anilines is 6. The fourth-order valence-corrected chi connectivity index (χ4v) is 8.03. The Morgan fingerprint density at radius 2 is 1.64 bits per heavy atom. The van der Waals surface area contributed by atoms with Crippen molar-refractivity contribution in [2.24, 2.45) is 0 Å². The number of carbonyl (C=O) groups is 2. The second-order valence-corrected chi connectivity index (χ2v) is 16.9. The third-order valence-corrected chi connectivity index (χ3v) is 12.0. The summed E-state index contributed by atoms with van der Waals surface area (Å²) in [6, 6.07) is 15.8. The van der Waals surface area contributed by atoms with E-state index in [0.29, 0.717) is 30.8 Å². The number of halogens is 3. The van der Waals surface area contributed by atoms with Gasteiger partial charge in [0.05, 0.1) is 12.8 Å². The highest BCUT2D eigenvalue weighted by Crippen LogP contribution is 2.35. The molecule has 0 bridgehead atoms. The summed E-state index contributed by atoms with van der Waals surface area (Å²) >= 11 is 0. The molecule has 1 atom stereocenters. The average molecular weight is 837 g/mol. The predicted molar refractivity (Wildman–Crippen MR) is 218 cm³/mol. The topological polar surface area (TPSA) is 181 Å². The monoisotopic (exact) mass is 836 g/mol. The Morgan fingerprint density at radius 1 is 0.915 bits per heavy atom. The summed E-state index contributed by atoms with van der Waals surface area (Å²) in [7, 11) is -2.42. The van der Waals surface area contributed by atoms with Crippen molar-refractivity contribution in [2.75, 3.05) is 77.7 Å². The first-order valence-corrected chi connectivity index (χ1v) is 21.2. The van der Waals surface area contributed by atoms with E-state index < -0.39 is 33.6 Å². The first-order valence-electron chi connectivity index (χ1n) is 19.4. The van der Waals surface area contributed by atoms with Gasteiger partial charge in [0.15, 0.2) is 5.82 Å². The number of hydrogen-bond donors (Lipinski definition) is 4. The van der Waals surface area contributed by atoms with Crippen LogP contribution < -0.4 is 30.5 Å². The number of hydrogen-bond acceptors (Lipinski definition) is 14. The van der Waals surface area contributed by atoms with E-state index in [1.165, 1.54) is 25.0 Å². The van der Waals surface area contributed by atoms with E-state index in [0.717, 1.165) is 80.6 Å². The average Bonchev–Trinajstić information content (AvgIpc) is 3.21. The van der Waals surface area contributed by atoms with E-state index in [1.54, 1.807) is 0 Å². The number of rotatable bonds is 13. The van der Waals surface area contributed by atoms with Crippen molar-refractivity contribution in [3.63, 3.8) is 0 Å². The molecule has 5 heterocycles. The summed E-state index contributed by atoms with van der Waals surface area (Å²) in [4.78, 5) is 47.3. The van der Waals surface area contributed by atoms with Crippen LogP contribution in [0.4, 0.5) is 47.8 Å². The minimum atomic E-state index is -4.76. The molecule has 0 spiro atoms. The van der Waals surface area contributed by atoms with Crippen LogP contribution >= 0.6 is 0 Å². The van der Waals surface area contributed by atoms with Crippen LogP contribution in [0.25, 0.3) is 0 Å². The van der Waals surface area contributed by atoms with Gasteiger partial charge in [-0.05, 0) is 61.2 Å². The van der Waals surface area contributed by atoms with Gasteiger partial charge < -0.3 is 20.9 Å². The van der Waals surface area contributed by atoms with Crippen LogP contribution in [-0.2, 0) is 38.9 Å². The molecule has 7 rings (SSSR count). The van der Waals surface area contributed by atoms with E-state index in [2.05, 4.69) is 68.0 Å². The quantitative estimate of drug-likeness (QED) is 0.142. The number of piperidine rings is 2. The Morgan fingerprint density at radius 3 is 2.34 bits per heavy atom. The largest absolute Gasteiger partial charge is 0.421 e. The van der Waals surface area contributed by atoms with Crippen molar-refractivity contribution in [3.05, 3.63) is 83.9 Å². The van der Waals surface area contributed by atoms with Gasteiger partial charge in [0.1, 0.15) is 23.1 Å². The number of alkyl halides is 3. The molecule has 3 aliphatic rings. The number of carbonyl (C=O) groups excluding carboxylic acids is 2. The fourth-order valence-electron chi connectivity index (χ4n) is 7.57. The SMILES string of the molecule is CN(c1nccnc1CNc1nc(Nc2ccc(N3CCC(N4CCN(Cc5cccc(NC6CCC(=O)NC6=O)c5)CC4)CC3)cc2)ncc1C(F)(F)F)S(C)(=O)=O. The maximum atomic E-state index is 13.9. The van der Waals surface area contributed by atoms with Crippen molar-refractivity contribution >= 4 is 56.5 Å². The van der Waals surface area contributed by atoms with Gasteiger partial charge in [0.25, 0.3) is 0 Å². The highest BCUT2D eigenvalue weighted by Gasteiger charge is 2.36. The molecular weight excluding hydrogens is 790 g/mol. The summed E-state index contributed by atoms with van der Waals surface area (Å²) in [6.45, 7) is 6.24. The van der Waals surface area contributed by atoms with Crippen molar-refractivity contribution < 1.29 is 31.2 Å². The summed E-state index contributed by atoms with van der Waals surface area (Å²) in [6.07, 6.45) is 2.42. The zero-order valence-corrected chi connectivity index (χ0v) is 33.6. The zero-order valence-electron chi connectivity index (χ0n) is 32.7. The van der Waals surface area contributed by atoms with Crippen molar-refractivity contribution in [1.29, 1.82) is 0 Å². The Kier molecular flexibility index (Phi) is 12.5. The molecule has 3 saturated heterocycles. The molecule has 0 aliphatic carbocycles. The lowest BCUT2D eigenvalue weighted by Crippen LogP contribution is -2.53. The molecule has 20 heteroatoms. The van der Waals surface area contributed by atoms with Gasteiger partial charge in [0, 0.05) is 101 Å². The van der Waals surface area contributed by atoms with E-state index in [-0.39, 0.29) is 35.8 Å². The maximum absolute atomic E-state index is 13.9. The molecule has 0 radical (unpaired) electrons. The number of nitrogens with one attached hydrogen (secondary N) is 4. The van der Waals surface area contributed by atoms with Crippen LogP contribution in [0.15, 0.2) is 67.1 Å². The number of imide groups is 1. The fraction of sp³-hybridized carbons (Fsp3) is 0.436. The number of benzene rings is 2. The highest BCUT2D eigenvalue weighted by atomic mass is 32.2. The molecule has 0 saturated carbocycles. The van der Waals surface area contributed by atoms with Gasteiger partial charge in [-0.1, -0.05) is 12.1 Å². The summed E-state index contributed by atoms with van der Waals surface area (Å²) in [5.41, 5.74) is 2.71. The Hall–Kier alpha value is -5.60. The first-order chi connectivity index (χ1) is 28.2. The van der Waals surface area contributed by atoms with Gasteiger partial charge in [-0.2, -0.15) is 18.2 Å². The van der Waals surface area contributed by atoms with Crippen LogP contribution in [0.1, 0.15) is 42.5 Å². The van der Waals surface area contributed by atoms with Crippen LogP contribution in [0.2, 0.25) is 0 Å². The standard InChI is InChI=1S/C39H47F3N12O4S/c1-51(59(2,57)58)36-33(43-14-15-44-36)24-45-35-31(39(40,41)42)23-46-38(50-35)48-27-6-8-29(9-7-27)53-16-12-30(13-17-53)54-20-18-52(19-21-54)25-26-4-3-5-28(22-26)47-32-10-11-34(55)49-37(32)56/h3-9,14-15,22-23,30,32,47H,10-13,16-21,24-25H2,1-2H3,(H,49,55,56)(H2,45,46,48,50).